The highest BCUT2D eigenvalue weighted by atomic mass is 32.2. The van der Waals surface area contributed by atoms with Crippen LogP contribution >= 0.6 is 0 Å². The SMILES string of the molecule is CNC(=O)[C@@H](Cc1ccccc1)N(Cc1cccc(OC)c1)C(=O)CN(c1cccc(C(F)(F)F)c1)S(C)(=O)=O. The first kappa shape index (κ1) is 30.5. The molecule has 0 aliphatic rings. The first-order chi connectivity index (χ1) is 18.8. The number of anilines is 1. The van der Waals surface area contributed by atoms with E-state index in [1.165, 1.54) is 25.1 Å². The van der Waals surface area contributed by atoms with Gasteiger partial charge in [-0.2, -0.15) is 13.2 Å². The number of ether oxygens (including phenoxy) is 1. The first-order valence-corrected chi connectivity index (χ1v) is 14.0. The van der Waals surface area contributed by atoms with E-state index in [4.69, 9.17) is 4.74 Å². The van der Waals surface area contributed by atoms with Crippen molar-refractivity contribution >= 4 is 27.5 Å². The molecule has 0 saturated carbocycles. The topological polar surface area (TPSA) is 96.0 Å². The molecule has 0 radical (unpaired) electrons. The van der Waals surface area contributed by atoms with E-state index < -0.39 is 46.2 Å². The highest BCUT2D eigenvalue weighted by Crippen LogP contribution is 2.32. The molecule has 1 atom stereocenters. The molecule has 8 nitrogen and oxygen atoms in total. The second-order valence-corrected chi connectivity index (χ2v) is 10.9. The zero-order chi connectivity index (χ0) is 29.5. The average molecular weight is 578 g/mol. The number of hydrogen-bond donors (Lipinski definition) is 1. The lowest BCUT2D eigenvalue weighted by molar-refractivity contribution is -0.139. The van der Waals surface area contributed by atoms with Gasteiger partial charge >= 0.3 is 6.18 Å². The number of benzene rings is 3. The van der Waals surface area contributed by atoms with Crippen LogP contribution in [-0.4, -0.2) is 58.1 Å². The predicted molar refractivity (Wildman–Crippen MR) is 145 cm³/mol. The van der Waals surface area contributed by atoms with Gasteiger partial charge in [-0.25, -0.2) is 8.42 Å². The summed E-state index contributed by atoms with van der Waals surface area (Å²) in [7, 11) is -1.31. The molecule has 0 aromatic heterocycles. The van der Waals surface area contributed by atoms with Crippen molar-refractivity contribution in [1.82, 2.24) is 10.2 Å². The zero-order valence-electron chi connectivity index (χ0n) is 22.2. The Bertz CT molecular complexity index is 1430. The molecule has 0 unspecified atom stereocenters. The molecule has 0 saturated heterocycles. The van der Waals surface area contributed by atoms with E-state index in [1.54, 1.807) is 54.6 Å². The number of carbonyl (C=O) groups excluding carboxylic acids is 2. The molecule has 0 heterocycles. The van der Waals surface area contributed by atoms with Crippen LogP contribution in [0.25, 0.3) is 0 Å². The molecule has 12 heteroatoms. The van der Waals surface area contributed by atoms with Crippen molar-refractivity contribution in [2.45, 2.75) is 25.2 Å². The van der Waals surface area contributed by atoms with Gasteiger partial charge in [0, 0.05) is 20.0 Å². The third-order valence-electron chi connectivity index (χ3n) is 6.15. The van der Waals surface area contributed by atoms with Gasteiger partial charge in [0.15, 0.2) is 0 Å². The Morgan fingerprint density at radius 1 is 0.950 bits per heavy atom. The minimum absolute atomic E-state index is 0.0961. The van der Waals surface area contributed by atoms with E-state index in [9.17, 15) is 31.2 Å². The van der Waals surface area contributed by atoms with Crippen LogP contribution in [0, 0.1) is 0 Å². The minimum Gasteiger partial charge on any atom is -0.497 e. The molecule has 3 aromatic rings. The van der Waals surface area contributed by atoms with E-state index in [1.807, 2.05) is 0 Å². The summed E-state index contributed by atoms with van der Waals surface area (Å²) < 4.78 is 71.4. The molecule has 0 aliphatic carbocycles. The summed E-state index contributed by atoms with van der Waals surface area (Å²) in [5.41, 5.74) is -0.0461. The lowest BCUT2D eigenvalue weighted by Crippen LogP contribution is -2.52. The molecule has 40 heavy (non-hydrogen) atoms. The van der Waals surface area contributed by atoms with Crippen molar-refractivity contribution in [3.05, 3.63) is 95.6 Å². The van der Waals surface area contributed by atoms with E-state index in [2.05, 4.69) is 5.32 Å². The standard InChI is InChI=1S/C28H30F3N3O5S/c1-32-27(36)25(16-20-9-5-4-6-10-20)33(18-21-11-7-14-24(15-21)39-2)26(35)19-34(40(3,37)38)23-13-8-12-22(17-23)28(29,30)31/h4-15,17,25H,16,18-19H2,1-3H3,(H,32,36)/t25-/m1/s1. The van der Waals surface area contributed by atoms with E-state index in [0.717, 1.165) is 24.0 Å². The van der Waals surface area contributed by atoms with Crippen LogP contribution in [0.4, 0.5) is 18.9 Å². The average Bonchev–Trinajstić information content (AvgIpc) is 2.92. The summed E-state index contributed by atoms with van der Waals surface area (Å²) >= 11 is 0. The third kappa shape index (κ3) is 7.98. The van der Waals surface area contributed by atoms with Gasteiger partial charge in [0.05, 0.1) is 24.6 Å². The largest absolute Gasteiger partial charge is 0.497 e. The van der Waals surface area contributed by atoms with Crippen LogP contribution in [-0.2, 0) is 38.8 Å². The molecule has 2 amide bonds. The maximum absolute atomic E-state index is 13.9. The maximum Gasteiger partial charge on any atom is 0.416 e. The lowest BCUT2D eigenvalue weighted by atomic mass is 10.0. The zero-order valence-corrected chi connectivity index (χ0v) is 23.0. The van der Waals surface area contributed by atoms with Gasteiger partial charge in [-0.1, -0.05) is 48.5 Å². The summed E-state index contributed by atoms with van der Waals surface area (Å²) in [4.78, 5) is 28.2. The Morgan fingerprint density at radius 2 is 1.60 bits per heavy atom. The molecule has 1 N–H and O–H groups in total. The number of nitrogens with zero attached hydrogens (tertiary/aromatic N) is 2. The highest BCUT2D eigenvalue weighted by Gasteiger charge is 2.34. The van der Waals surface area contributed by atoms with Crippen LogP contribution in [0.1, 0.15) is 16.7 Å². The quantitative estimate of drug-likeness (QED) is 0.374. The fourth-order valence-electron chi connectivity index (χ4n) is 4.14. The summed E-state index contributed by atoms with van der Waals surface area (Å²) in [5, 5.41) is 2.55. The number of methoxy groups -OCH3 is 1. The number of alkyl halides is 3. The second-order valence-electron chi connectivity index (χ2n) is 9.01. The van der Waals surface area contributed by atoms with E-state index in [0.29, 0.717) is 21.7 Å². The maximum atomic E-state index is 13.9. The molecule has 214 valence electrons. The summed E-state index contributed by atoms with van der Waals surface area (Å²) in [5.74, 6) is -0.772. The number of likely N-dealkylation sites (N-methyl/N-ethyl adjacent to an activating group) is 1. The number of rotatable bonds is 11. The second kappa shape index (κ2) is 12.9. The number of sulfonamides is 1. The van der Waals surface area contributed by atoms with Crippen molar-refractivity contribution in [2.24, 2.45) is 0 Å². The van der Waals surface area contributed by atoms with Crippen molar-refractivity contribution in [3.63, 3.8) is 0 Å². The van der Waals surface area contributed by atoms with Crippen LogP contribution < -0.4 is 14.4 Å². The van der Waals surface area contributed by atoms with Crippen LogP contribution in [0.5, 0.6) is 5.75 Å². The van der Waals surface area contributed by atoms with Crippen molar-refractivity contribution in [1.29, 1.82) is 0 Å². The molecule has 0 fully saturated rings. The molecule has 0 spiro atoms. The van der Waals surface area contributed by atoms with Gasteiger partial charge in [0.2, 0.25) is 21.8 Å². The Hall–Kier alpha value is -4.06. The smallest absolute Gasteiger partial charge is 0.416 e. The van der Waals surface area contributed by atoms with Gasteiger partial charge in [0.1, 0.15) is 18.3 Å². The predicted octanol–water partition coefficient (Wildman–Crippen LogP) is 3.87. The Kier molecular flexibility index (Phi) is 9.80. The summed E-state index contributed by atoms with van der Waals surface area (Å²) in [6, 6.07) is 18.4. The van der Waals surface area contributed by atoms with Crippen molar-refractivity contribution < 1.29 is 35.9 Å². The lowest BCUT2D eigenvalue weighted by Gasteiger charge is -2.33. The van der Waals surface area contributed by atoms with Gasteiger partial charge in [0.25, 0.3) is 0 Å². The van der Waals surface area contributed by atoms with E-state index >= 15 is 0 Å². The normalized spacial score (nSPS) is 12.3. The van der Waals surface area contributed by atoms with Crippen molar-refractivity contribution in [3.8, 4) is 5.75 Å². The monoisotopic (exact) mass is 577 g/mol. The number of halogens is 3. The number of hydrogen-bond acceptors (Lipinski definition) is 5. The molecular formula is C28H30F3N3O5S. The van der Waals surface area contributed by atoms with Gasteiger partial charge < -0.3 is 15.0 Å². The van der Waals surface area contributed by atoms with E-state index in [-0.39, 0.29) is 18.7 Å². The summed E-state index contributed by atoms with van der Waals surface area (Å²) in [6.45, 7) is -0.923. The fourth-order valence-corrected chi connectivity index (χ4v) is 4.98. The Balaban J connectivity index is 2.06. The molecule has 0 bridgehead atoms. The Morgan fingerprint density at radius 3 is 2.20 bits per heavy atom. The van der Waals surface area contributed by atoms with Crippen molar-refractivity contribution in [2.75, 3.05) is 31.3 Å². The number of amides is 2. The molecule has 3 aromatic carbocycles. The third-order valence-corrected chi connectivity index (χ3v) is 7.29. The van der Waals surface area contributed by atoms with Crippen LogP contribution in [0.2, 0.25) is 0 Å². The first-order valence-electron chi connectivity index (χ1n) is 12.2. The highest BCUT2D eigenvalue weighted by molar-refractivity contribution is 7.92. The molecule has 3 rings (SSSR count). The van der Waals surface area contributed by atoms with Gasteiger partial charge in [-0.3, -0.25) is 13.9 Å². The Labute approximate surface area is 231 Å². The minimum atomic E-state index is -4.72. The van der Waals surface area contributed by atoms with Crippen LogP contribution in [0.3, 0.4) is 0 Å². The number of carbonyl (C=O) groups is 2. The van der Waals surface area contributed by atoms with Gasteiger partial charge in [-0.05, 0) is 41.5 Å². The fraction of sp³-hybridized carbons (Fsp3) is 0.286. The molecule has 0 aliphatic heterocycles. The van der Waals surface area contributed by atoms with Gasteiger partial charge in [-0.15, -0.1) is 0 Å². The van der Waals surface area contributed by atoms with Crippen LogP contribution in [0.15, 0.2) is 78.9 Å². The number of nitrogens with one attached hydrogen (secondary N) is 1. The summed E-state index contributed by atoms with van der Waals surface area (Å²) in [6.07, 6.45) is -3.81. The molecular weight excluding hydrogens is 547 g/mol.